The topological polar surface area (TPSA) is 61.4 Å². The molecule has 2 rings (SSSR count). The number of benzene rings is 1. The predicted octanol–water partition coefficient (Wildman–Crippen LogP) is 2.81. The highest BCUT2D eigenvalue weighted by atomic mass is 32.2. The minimum Gasteiger partial charge on any atom is -0.387 e. The summed E-state index contributed by atoms with van der Waals surface area (Å²) in [6.45, 7) is 6.69. The van der Waals surface area contributed by atoms with Gasteiger partial charge in [0.1, 0.15) is 0 Å². The Kier molecular flexibility index (Phi) is 5.98. The van der Waals surface area contributed by atoms with E-state index in [1.165, 1.54) is 5.56 Å². The third-order valence-corrected chi connectivity index (χ3v) is 5.53. The van der Waals surface area contributed by atoms with Gasteiger partial charge in [0.25, 0.3) is 0 Å². The highest BCUT2D eigenvalue weighted by Crippen LogP contribution is 2.27. The van der Waals surface area contributed by atoms with E-state index in [1.807, 2.05) is 18.2 Å². The van der Waals surface area contributed by atoms with E-state index in [2.05, 4.69) is 43.5 Å². The Labute approximate surface area is 143 Å². The molecule has 0 radical (unpaired) electrons. The van der Waals surface area contributed by atoms with E-state index < -0.39 is 5.60 Å². The summed E-state index contributed by atoms with van der Waals surface area (Å²) in [4.78, 5) is 12.2. The molecule has 2 unspecified atom stereocenters. The van der Waals surface area contributed by atoms with Crippen LogP contribution in [-0.2, 0) is 6.42 Å². The third kappa shape index (κ3) is 5.74. The Morgan fingerprint density at radius 3 is 2.61 bits per heavy atom. The highest BCUT2D eigenvalue weighted by Gasteiger charge is 2.33. The Balaban J connectivity index is 1.91. The first kappa shape index (κ1) is 18.1. The van der Waals surface area contributed by atoms with Crippen molar-refractivity contribution in [1.29, 1.82) is 0 Å². The van der Waals surface area contributed by atoms with E-state index in [0.29, 0.717) is 12.3 Å². The molecule has 1 aromatic carbocycles. The molecule has 0 aliphatic carbocycles. The molecule has 23 heavy (non-hydrogen) atoms. The molecule has 2 atom stereocenters. The fraction of sp³-hybridized carbons (Fsp3) is 0.611. The van der Waals surface area contributed by atoms with E-state index in [9.17, 15) is 9.90 Å². The van der Waals surface area contributed by atoms with Crippen LogP contribution in [0.25, 0.3) is 0 Å². The largest absolute Gasteiger partial charge is 0.387 e. The normalized spacial score (nSPS) is 22.6. The Morgan fingerprint density at radius 2 is 2.04 bits per heavy atom. The SMILES string of the molecule is CC(C)(C)C(Cc1ccccc1)NC(=O)NCC1(O)CCSC1. The molecule has 2 amide bonds. The Morgan fingerprint density at radius 1 is 1.35 bits per heavy atom. The van der Waals surface area contributed by atoms with E-state index in [1.54, 1.807) is 11.8 Å². The van der Waals surface area contributed by atoms with Gasteiger partial charge in [-0.25, -0.2) is 4.79 Å². The van der Waals surface area contributed by atoms with Gasteiger partial charge >= 0.3 is 6.03 Å². The lowest BCUT2D eigenvalue weighted by Crippen LogP contribution is -2.52. The summed E-state index contributed by atoms with van der Waals surface area (Å²) in [5, 5.41) is 16.2. The van der Waals surface area contributed by atoms with Gasteiger partial charge in [-0.05, 0) is 29.6 Å². The van der Waals surface area contributed by atoms with Crippen LogP contribution in [0.2, 0.25) is 0 Å². The number of amides is 2. The maximum absolute atomic E-state index is 12.2. The lowest BCUT2D eigenvalue weighted by Gasteiger charge is -2.32. The molecule has 3 N–H and O–H groups in total. The number of hydrogen-bond acceptors (Lipinski definition) is 3. The lowest BCUT2D eigenvalue weighted by atomic mass is 9.83. The van der Waals surface area contributed by atoms with Crippen molar-refractivity contribution in [2.75, 3.05) is 18.1 Å². The smallest absolute Gasteiger partial charge is 0.315 e. The molecule has 4 nitrogen and oxygen atoms in total. The van der Waals surface area contributed by atoms with Gasteiger partial charge in [0.15, 0.2) is 0 Å². The second-order valence-electron chi connectivity index (χ2n) is 7.46. The van der Waals surface area contributed by atoms with Crippen molar-refractivity contribution in [2.24, 2.45) is 5.41 Å². The van der Waals surface area contributed by atoms with Crippen molar-refractivity contribution in [3.63, 3.8) is 0 Å². The van der Waals surface area contributed by atoms with Gasteiger partial charge in [-0.2, -0.15) is 11.8 Å². The molecule has 128 valence electrons. The summed E-state index contributed by atoms with van der Waals surface area (Å²) in [5.74, 6) is 1.65. The standard InChI is InChI=1S/C18H28N2O2S/c1-17(2,3)15(11-14-7-5-4-6-8-14)20-16(21)19-12-18(22)9-10-23-13-18/h4-8,15,22H,9-13H2,1-3H3,(H2,19,20,21). The summed E-state index contributed by atoms with van der Waals surface area (Å²) < 4.78 is 0. The second-order valence-corrected chi connectivity index (χ2v) is 8.57. The highest BCUT2D eigenvalue weighted by molar-refractivity contribution is 7.99. The van der Waals surface area contributed by atoms with Gasteiger partial charge in [-0.3, -0.25) is 0 Å². The van der Waals surface area contributed by atoms with E-state index in [-0.39, 0.29) is 17.5 Å². The van der Waals surface area contributed by atoms with Crippen LogP contribution >= 0.6 is 11.8 Å². The molecule has 1 aliphatic rings. The molecule has 1 heterocycles. The third-order valence-electron chi connectivity index (χ3n) is 4.29. The molecule has 0 spiro atoms. The van der Waals surface area contributed by atoms with Gasteiger partial charge in [0.05, 0.1) is 5.60 Å². The molecule has 0 aromatic heterocycles. The molecular formula is C18H28N2O2S. The van der Waals surface area contributed by atoms with Crippen LogP contribution in [0, 0.1) is 5.41 Å². The van der Waals surface area contributed by atoms with Crippen molar-refractivity contribution in [1.82, 2.24) is 10.6 Å². The number of urea groups is 1. The first-order valence-electron chi connectivity index (χ1n) is 8.17. The maximum Gasteiger partial charge on any atom is 0.315 e. The molecule has 1 aliphatic heterocycles. The number of thioether (sulfide) groups is 1. The van der Waals surface area contributed by atoms with Crippen LogP contribution in [0.15, 0.2) is 30.3 Å². The van der Waals surface area contributed by atoms with Gasteiger partial charge in [0.2, 0.25) is 0 Å². The van der Waals surface area contributed by atoms with Gasteiger partial charge in [-0.1, -0.05) is 51.1 Å². The predicted molar refractivity (Wildman–Crippen MR) is 96.8 cm³/mol. The molecule has 1 saturated heterocycles. The average Bonchev–Trinajstić information content (AvgIpc) is 2.92. The van der Waals surface area contributed by atoms with Crippen molar-refractivity contribution in [3.8, 4) is 0 Å². The van der Waals surface area contributed by atoms with Crippen LogP contribution in [-0.4, -0.2) is 40.8 Å². The molecule has 1 fully saturated rings. The van der Waals surface area contributed by atoms with E-state index in [4.69, 9.17) is 0 Å². The van der Waals surface area contributed by atoms with Crippen molar-refractivity contribution in [3.05, 3.63) is 35.9 Å². The van der Waals surface area contributed by atoms with Crippen LogP contribution in [0.4, 0.5) is 4.79 Å². The van der Waals surface area contributed by atoms with E-state index in [0.717, 1.165) is 18.6 Å². The molecule has 0 saturated carbocycles. The average molecular weight is 337 g/mol. The quantitative estimate of drug-likeness (QED) is 0.775. The molecular weight excluding hydrogens is 308 g/mol. The van der Waals surface area contributed by atoms with Crippen LogP contribution in [0.3, 0.4) is 0 Å². The Bertz CT molecular complexity index is 508. The van der Waals surface area contributed by atoms with Crippen molar-refractivity contribution >= 4 is 17.8 Å². The van der Waals surface area contributed by atoms with E-state index >= 15 is 0 Å². The first-order valence-corrected chi connectivity index (χ1v) is 9.32. The van der Waals surface area contributed by atoms with Gasteiger partial charge in [-0.15, -0.1) is 0 Å². The summed E-state index contributed by atoms with van der Waals surface area (Å²) in [6, 6.07) is 10.0. The number of carbonyl (C=O) groups excluding carboxylic acids is 1. The fourth-order valence-corrected chi connectivity index (χ4v) is 3.91. The van der Waals surface area contributed by atoms with Crippen LogP contribution in [0.1, 0.15) is 32.8 Å². The maximum atomic E-state index is 12.2. The minimum absolute atomic E-state index is 0.0255. The number of aliphatic hydroxyl groups is 1. The zero-order valence-electron chi connectivity index (χ0n) is 14.3. The summed E-state index contributed by atoms with van der Waals surface area (Å²) >= 11 is 1.73. The summed E-state index contributed by atoms with van der Waals surface area (Å²) in [7, 11) is 0. The van der Waals surface area contributed by atoms with Crippen LogP contribution < -0.4 is 10.6 Å². The monoisotopic (exact) mass is 336 g/mol. The summed E-state index contributed by atoms with van der Waals surface area (Å²) in [6.07, 6.45) is 1.53. The Hall–Kier alpha value is -1.20. The number of rotatable bonds is 5. The number of carbonyl (C=O) groups is 1. The zero-order valence-corrected chi connectivity index (χ0v) is 15.1. The zero-order chi connectivity index (χ0) is 16.9. The second kappa shape index (κ2) is 7.58. The molecule has 0 bridgehead atoms. The summed E-state index contributed by atoms with van der Waals surface area (Å²) in [5.41, 5.74) is 0.407. The first-order chi connectivity index (χ1) is 10.8. The van der Waals surface area contributed by atoms with Crippen LogP contribution in [0.5, 0.6) is 0 Å². The van der Waals surface area contributed by atoms with Crippen molar-refractivity contribution in [2.45, 2.75) is 45.3 Å². The van der Waals surface area contributed by atoms with Gasteiger partial charge < -0.3 is 15.7 Å². The number of nitrogens with one attached hydrogen (secondary N) is 2. The number of hydrogen-bond donors (Lipinski definition) is 3. The lowest BCUT2D eigenvalue weighted by molar-refractivity contribution is 0.0696. The van der Waals surface area contributed by atoms with Crippen molar-refractivity contribution < 1.29 is 9.90 Å². The molecule has 1 aromatic rings. The van der Waals surface area contributed by atoms with Gasteiger partial charge in [0, 0.05) is 18.3 Å². The fourth-order valence-electron chi connectivity index (χ4n) is 2.61. The molecule has 5 heteroatoms. The minimum atomic E-state index is -0.751.